The molecule has 0 saturated carbocycles. The van der Waals surface area contributed by atoms with Crippen LogP contribution >= 0.6 is 0 Å². The van der Waals surface area contributed by atoms with E-state index in [2.05, 4.69) is 15.3 Å². The molecule has 6 nitrogen and oxygen atoms in total. The number of likely N-dealkylation sites (tertiary alicyclic amines) is 1. The molecule has 9 heteroatoms. The Hall–Kier alpha value is -2.94. The van der Waals surface area contributed by atoms with Crippen molar-refractivity contribution < 1.29 is 13.2 Å². The normalized spacial score (nSPS) is 20.2. The number of fused-ring (bicyclic) bond motifs is 1. The quantitative estimate of drug-likeness (QED) is 0.620. The second-order valence-corrected chi connectivity index (χ2v) is 8.81. The highest BCUT2D eigenvalue weighted by atomic mass is 19.1. The number of aromatic nitrogens is 3. The largest absolute Gasteiger partial charge is 0.363 e. The van der Waals surface area contributed by atoms with Crippen LogP contribution in [0, 0.1) is 12.7 Å². The Morgan fingerprint density at radius 1 is 1.27 bits per heavy atom. The van der Waals surface area contributed by atoms with Crippen molar-refractivity contribution in [1.29, 1.82) is 0 Å². The fraction of sp³-hybridized carbons (Fsp3) is 0.458. The number of nitrogens with zero attached hydrogens (tertiary/aromatic N) is 4. The molecule has 1 aliphatic rings. The van der Waals surface area contributed by atoms with Gasteiger partial charge in [-0.1, -0.05) is 18.2 Å². The summed E-state index contributed by atoms with van der Waals surface area (Å²) < 4.78 is 44.2. The molecule has 33 heavy (non-hydrogen) atoms. The van der Waals surface area contributed by atoms with Gasteiger partial charge in [0.2, 0.25) is 0 Å². The van der Waals surface area contributed by atoms with Gasteiger partial charge in [0.15, 0.2) is 0 Å². The number of hydrogen-bond donors (Lipinski definition) is 1. The van der Waals surface area contributed by atoms with E-state index in [1.807, 2.05) is 11.9 Å². The lowest BCUT2D eigenvalue weighted by Crippen LogP contribution is -2.40. The Morgan fingerprint density at radius 2 is 2.03 bits per heavy atom. The smallest absolute Gasteiger partial charge is 0.255 e. The predicted molar refractivity (Wildman–Crippen MR) is 123 cm³/mol. The van der Waals surface area contributed by atoms with Crippen molar-refractivity contribution in [1.82, 2.24) is 19.4 Å². The van der Waals surface area contributed by atoms with Gasteiger partial charge in [0, 0.05) is 36.2 Å². The van der Waals surface area contributed by atoms with E-state index in [1.54, 1.807) is 39.1 Å². The van der Waals surface area contributed by atoms with Gasteiger partial charge in [-0.05, 0) is 39.9 Å². The molecular formula is C24H28F3N5O. The fourth-order valence-corrected chi connectivity index (χ4v) is 4.56. The van der Waals surface area contributed by atoms with Gasteiger partial charge in [0.05, 0.1) is 11.4 Å². The molecule has 3 aromatic rings. The molecule has 0 bridgehead atoms. The molecular weight excluding hydrogens is 431 g/mol. The highest BCUT2D eigenvalue weighted by Gasteiger charge is 2.32. The zero-order valence-electron chi connectivity index (χ0n) is 19.2. The Kier molecular flexibility index (Phi) is 6.43. The van der Waals surface area contributed by atoms with E-state index in [9.17, 15) is 18.0 Å². The van der Waals surface area contributed by atoms with Crippen LogP contribution in [0.4, 0.5) is 19.0 Å². The number of anilines is 1. The minimum atomic E-state index is -1.16. The highest BCUT2D eigenvalue weighted by molar-refractivity contribution is 5.87. The molecule has 0 amide bonds. The lowest BCUT2D eigenvalue weighted by atomic mass is 9.88. The standard InChI is InChI=1S/C24H28F3N5O/c1-13(16-7-5-6-15(11-25)21(16)27)28-22-19-10-18(17-8-9-31(3)12-20(17)26)24(33)32(4)23(19)30-14(2)29-22/h5-7,10,13,17,20H,8-9,11-12H2,1-4H3,(H,28,29,30)/t13-,17?,20?/m1/s1. The maximum atomic E-state index is 14.9. The summed E-state index contributed by atoms with van der Waals surface area (Å²) >= 11 is 0. The molecule has 0 aliphatic carbocycles. The van der Waals surface area contributed by atoms with Crippen molar-refractivity contribution in [3.8, 4) is 0 Å². The van der Waals surface area contributed by atoms with Crippen LogP contribution in [0.2, 0.25) is 0 Å². The Morgan fingerprint density at radius 3 is 2.73 bits per heavy atom. The van der Waals surface area contributed by atoms with E-state index in [1.165, 1.54) is 10.6 Å². The van der Waals surface area contributed by atoms with Crippen LogP contribution in [-0.2, 0) is 13.7 Å². The first kappa shape index (κ1) is 23.2. The molecule has 1 fully saturated rings. The Labute approximate surface area is 190 Å². The van der Waals surface area contributed by atoms with Gasteiger partial charge < -0.3 is 10.2 Å². The predicted octanol–water partition coefficient (Wildman–Crippen LogP) is 4.18. The first-order valence-corrected chi connectivity index (χ1v) is 11.0. The number of aryl methyl sites for hydroxylation is 2. The minimum absolute atomic E-state index is 0.00851. The average molecular weight is 460 g/mol. The van der Waals surface area contributed by atoms with E-state index in [4.69, 9.17) is 0 Å². The summed E-state index contributed by atoms with van der Waals surface area (Å²) in [5.74, 6) is -0.278. The van der Waals surface area contributed by atoms with Crippen LogP contribution in [0.3, 0.4) is 0 Å². The van der Waals surface area contributed by atoms with Crippen LogP contribution in [-0.4, -0.2) is 45.7 Å². The summed E-state index contributed by atoms with van der Waals surface area (Å²) in [5.41, 5.74) is 0.815. The number of pyridine rings is 1. The van der Waals surface area contributed by atoms with Crippen LogP contribution in [0.15, 0.2) is 29.1 Å². The topological polar surface area (TPSA) is 63.1 Å². The third-order valence-electron chi connectivity index (χ3n) is 6.42. The van der Waals surface area contributed by atoms with E-state index in [0.29, 0.717) is 46.8 Å². The molecule has 3 atom stereocenters. The van der Waals surface area contributed by atoms with Crippen molar-refractivity contribution >= 4 is 16.9 Å². The third kappa shape index (κ3) is 4.34. The van der Waals surface area contributed by atoms with Gasteiger partial charge in [0.1, 0.15) is 36.0 Å². The number of nitrogens with one attached hydrogen (secondary N) is 1. The molecule has 0 spiro atoms. The molecule has 176 valence electrons. The van der Waals surface area contributed by atoms with Crippen LogP contribution in [0.5, 0.6) is 0 Å². The summed E-state index contributed by atoms with van der Waals surface area (Å²) in [4.78, 5) is 23.9. The highest BCUT2D eigenvalue weighted by Crippen LogP contribution is 2.32. The second kappa shape index (κ2) is 9.13. The lowest BCUT2D eigenvalue weighted by Gasteiger charge is -2.32. The molecule has 2 unspecified atom stereocenters. The van der Waals surface area contributed by atoms with Gasteiger partial charge in [-0.15, -0.1) is 0 Å². The summed E-state index contributed by atoms with van der Waals surface area (Å²) in [6, 6.07) is 5.75. The maximum Gasteiger partial charge on any atom is 0.255 e. The zero-order chi connectivity index (χ0) is 23.9. The zero-order valence-corrected chi connectivity index (χ0v) is 19.2. The van der Waals surface area contributed by atoms with Crippen molar-refractivity contribution in [2.75, 3.05) is 25.5 Å². The van der Waals surface area contributed by atoms with Crippen molar-refractivity contribution in [2.45, 2.75) is 45.1 Å². The summed E-state index contributed by atoms with van der Waals surface area (Å²) in [6.45, 7) is 3.52. The average Bonchev–Trinajstić information content (AvgIpc) is 2.77. The van der Waals surface area contributed by atoms with Gasteiger partial charge in [-0.25, -0.2) is 23.1 Å². The maximum absolute atomic E-state index is 14.9. The molecule has 4 rings (SSSR count). The van der Waals surface area contributed by atoms with Crippen LogP contribution in [0.1, 0.15) is 47.8 Å². The fourth-order valence-electron chi connectivity index (χ4n) is 4.56. The van der Waals surface area contributed by atoms with E-state index < -0.39 is 30.6 Å². The molecule has 1 aliphatic heterocycles. The lowest BCUT2D eigenvalue weighted by molar-refractivity contribution is 0.138. The van der Waals surface area contributed by atoms with Gasteiger partial charge >= 0.3 is 0 Å². The first-order chi connectivity index (χ1) is 15.7. The number of rotatable bonds is 5. The van der Waals surface area contributed by atoms with E-state index >= 15 is 0 Å². The van der Waals surface area contributed by atoms with Gasteiger partial charge in [0.25, 0.3) is 5.56 Å². The number of halogens is 3. The van der Waals surface area contributed by atoms with Gasteiger partial charge in [-0.2, -0.15) is 0 Å². The summed E-state index contributed by atoms with van der Waals surface area (Å²) in [6.07, 6.45) is -0.626. The molecule has 0 radical (unpaired) electrons. The molecule has 2 aromatic heterocycles. The van der Waals surface area contributed by atoms with E-state index in [0.717, 1.165) is 0 Å². The minimum Gasteiger partial charge on any atom is -0.363 e. The van der Waals surface area contributed by atoms with E-state index in [-0.39, 0.29) is 17.7 Å². The Balaban J connectivity index is 1.80. The van der Waals surface area contributed by atoms with Crippen LogP contribution < -0.4 is 10.9 Å². The third-order valence-corrected chi connectivity index (χ3v) is 6.42. The van der Waals surface area contributed by atoms with Crippen molar-refractivity contribution in [3.05, 3.63) is 63.0 Å². The SMILES string of the molecule is Cc1nc(N[C@H](C)c2cccc(CF)c2F)c2cc(C3CCN(C)CC3F)c(=O)n(C)c2n1. The number of benzene rings is 1. The van der Waals surface area contributed by atoms with Crippen molar-refractivity contribution in [3.63, 3.8) is 0 Å². The molecule has 1 saturated heterocycles. The Bertz CT molecular complexity index is 1240. The molecule has 1 aromatic carbocycles. The monoisotopic (exact) mass is 459 g/mol. The summed E-state index contributed by atoms with van der Waals surface area (Å²) in [7, 11) is 3.47. The number of alkyl halides is 2. The summed E-state index contributed by atoms with van der Waals surface area (Å²) in [5, 5.41) is 3.75. The van der Waals surface area contributed by atoms with Gasteiger partial charge in [-0.3, -0.25) is 9.36 Å². The molecule has 3 heterocycles. The number of piperidine rings is 1. The second-order valence-electron chi connectivity index (χ2n) is 8.81. The number of hydrogen-bond acceptors (Lipinski definition) is 5. The van der Waals surface area contributed by atoms with Crippen molar-refractivity contribution in [2.24, 2.45) is 7.05 Å². The van der Waals surface area contributed by atoms with Crippen LogP contribution in [0.25, 0.3) is 11.0 Å². The first-order valence-electron chi connectivity index (χ1n) is 11.0. The molecule has 1 N–H and O–H groups in total.